The van der Waals surface area contributed by atoms with E-state index in [1.165, 1.54) is 17.2 Å². The molecule has 2 fully saturated rings. The molecule has 0 radical (unpaired) electrons. The molecular weight excluding hydrogens is 490 g/mol. The van der Waals surface area contributed by atoms with Crippen molar-refractivity contribution in [2.75, 3.05) is 16.6 Å². The van der Waals surface area contributed by atoms with Gasteiger partial charge in [0, 0.05) is 11.6 Å². The summed E-state index contributed by atoms with van der Waals surface area (Å²) in [5, 5.41) is 23.4. The molecule has 2 heterocycles. The Morgan fingerprint density at radius 1 is 0.974 bits per heavy atom. The molecule has 2 amide bonds. The molecule has 1 N–H and O–H groups in total. The maximum absolute atomic E-state index is 13.8. The quantitative estimate of drug-likeness (QED) is 0.184. The first-order valence-corrected chi connectivity index (χ1v) is 12.5. The van der Waals surface area contributed by atoms with Crippen LogP contribution in [0.3, 0.4) is 0 Å². The third-order valence-electron chi connectivity index (χ3n) is 6.78. The topological polar surface area (TPSA) is 122 Å². The maximum atomic E-state index is 13.8. The van der Waals surface area contributed by atoms with Crippen molar-refractivity contribution >= 4 is 28.9 Å². The molecule has 0 aromatic heterocycles. The van der Waals surface area contributed by atoms with E-state index in [0.717, 1.165) is 30.2 Å². The second kappa shape index (κ2) is 10.5. The number of fused-ring (bicyclic) bond motifs is 1. The molecule has 3 aromatic carbocycles. The highest BCUT2D eigenvalue weighted by molar-refractivity contribution is 6.24. The van der Waals surface area contributed by atoms with Gasteiger partial charge in [-0.2, -0.15) is 0 Å². The van der Waals surface area contributed by atoms with Crippen molar-refractivity contribution in [2.45, 2.75) is 38.3 Å². The first kappa shape index (κ1) is 25.2. The van der Waals surface area contributed by atoms with E-state index in [1.54, 1.807) is 48.5 Å². The van der Waals surface area contributed by atoms with Crippen LogP contribution in [0.1, 0.15) is 37.8 Å². The number of unbranched alkanes of at least 4 members (excludes halogenated alkanes) is 2. The summed E-state index contributed by atoms with van der Waals surface area (Å²) in [6, 6.07) is 18.4. The van der Waals surface area contributed by atoms with E-state index in [2.05, 4.69) is 6.92 Å². The van der Waals surface area contributed by atoms with Crippen molar-refractivity contribution in [3.05, 3.63) is 88.5 Å². The van der Waals surface area contributed by atoms with Crippen molar-refractivity contribution in [1.82, 2.24) is 0 Å². The number of non-ortho nitro benzene ring substituents is 1. The molecular formula is C28H27N3O7. The van der Waals surface area contributed by atoms with Crippen LogP contribution in [0.5, 0.6) is 11.5 Å². The van der Waals surface area contributed by atoms with Crippen LogP contribution in [-0.4, -0.2) is 34.6 Å². The molecule has 0 spiro atoms. The lowest BCUT2D eigenvalue weighted by molar-refractivity contribution is -0.385. The smallest absolute Gasteiger partial charge is 0.273 e. The summed E-state index contributed by atoms with van der Waals surface area (Å²) in [7, 11) is 0. The standard InChI is InChI=1S/C28H27N3O7/c1-2-3-7-16-37-21-13-10-18(11-14-21)29-27(33)24-25(22-15-12-20(31(35)36)17-23(22)32)30(38-26(24)28(29)34)19-8-5-4-6-9-19/h4-6,8-15,17,24-26,32H,2-3,7,16H2,1H3/t24-,25-,26-/m0/s1. The Labute approximate surface area is 219 Å². The molecule has 5 rings (SSSR count). The van der Waals surface area contributed by atoms with Gasteiger partial charge in [-0.1, -0.05) is 38.0 Å². The number of carbonyl (C=O) groups is 2. The minimum Gasteiger partial charge on any atom is -0.507 e. The summed E-state index contributed by atoms with van der Waals surface area (Å²) in [6.45, 7) is 2.70. The van der Waals surface area contributed by atoms with Gasteiger partial charge in [0.25, 0.3) is 11.6 Å². The highest BCUT2D eigenvalue weighted by Gasteiger charge is 2.60. The van der Waals surface area contributed by atoms with Crippen molar-refractivity contribution in [3.8, 4) is 11.5 Å². The van der Waals surface area contributed by atoms with Gasteiger partial charge in [-0.25, -0.2) is 9.96 Å². The number of hydroxylamine groups is 1. The predicted octanol–water partition coefficient (Wildman–Crippen LogP) is 4.92. The first-order chi connectivity index (χ1) is 18.4. The van der Waals surface area contributed by atoms with Gasteiger partial charge in [0.2, 0.25) is 5.91 Å². The number of aromatic hydroxyl groups is 1. The molecule has 0 bridgehead atoms. The van der Waals surface area contributed by atoms with Crippen LogP contribution < -0.4 is 14.7 Å². The molecule has 3 atom stereocenters. The van der Waals surface area contributed by atoms with Gasteiger partial charge in [0.15, 0.2) is 6.10 Å². The van der Waals surface area contributed by atoms with Gasteiger partial charge in [-0.05, 0) is 48.9 Å². The van der Waals surface area contributed by atoms with Gasteiger partial charge >= 0.3 is 0 Å². The fourth-order valence-electron chi connectivity index (χ4n) is 4.91. The molecule has 2 aliphatic heterocycles. The van der Waals surface area contributed by atoms with Crippen LogP contribution in [0, 0.1) is 16.0 Å². The Morgan fingerprint density at radius 2 is 1.71 bits per heavy atom. The summed E-state index contributed by atoms with van der Waals surface area (Å²) in [4.78, 5) is 45.0. The van der Waals surface area contributed by atoms with E-state index in [1.807, 2.05) is 6.07 Å². The number of hydrogen-bond donors (Lipinski definition) is 1. The Bertz CT molecular complexity index is 1350. The van der Waals surface area contributed by atoms with Crippen LogP contribution in [-0.2, 0) is 14.4 Å². The normalized spacial score (nSPS) is 20.6. The van der Waals surface area contributed by atoms with Crippen LogP contribution in [0.15, 0.2) is 72.8 Å². The average Bonchev–Trinajstić information content (AvgIpc) is 3.43. The zero-order chi connectivity index (χ0) is 26.8. The largest absolute Gasteiger partial charge is 0.507 e. The Kier molecular flexibility index (Phi) is 6.97. The van der Waals surface area contributed by atoms with Gasteiger partial charge in [-0.15, -0.1) is 0 Å². The highest BCUT2D eigenvalue weighted by atomic mass is 16.7. The summed E-state index contributed by atoms with van der Waals surface area (Å²) in [6.07, 6.45) is 1.97. The van der Waals surface area contributed by atoms with Gasteiger partial charge < -0.3 is 9.84 Å². The number of nitrogens with zero attached hydrogens (tertiary/aromatic N) is 3. The number of nitro benzene ring substituents is 1. The third-order valence-corrected chi connectivity index (χ3v) is 6.78. The summed E-state index contributed by atoms with van der Waals surface area (Å²) >= 11 is 0. The molecule has 196 valence electrons. The minimum atomic E-state index is -1.13. The summed E-state index contributed by atoms with van der Waals surface area (Å²) in [5.74, 6) is -1.72. The van der Waals surface area contributed by atoms with Crippen LogP contribution >= 0.6 is 0 Å². The SMILES string of the molecule is CCCCCOc1ccc(N2C(=O)[C@@H]3[C@H](ON(c4ccccc4)[C@H]3c3ccc([N+](=O)[O-])cc3O)C2=O)cc1. The maximum Gasteiger partial charge on any atom is 0.273 e. The number of benzene rings is 3. The number of rotatable bonds is 9. The van der Waals surface area contributed by atoms with Crippen LogP contribution in [0.2, 0.25) is 0 Å². The molecule has 3 aromatic rings. The van der Waals surface area contributed by atoms with Crippen molar-refractivity contribution in [3.63, 3.8) is 0 Å². The van der Waals surface area contributed by atoms with E-state index in [4.69, 9.17) is 9.57 Å². The molecule has 0 unspecified atom stereocenters. The van der Waals surface area contributed by atoms with Crippen molar-refractivity contribution < 1.29 is 29.2 Å². The number of amides is 2. The lowest BCUT2D eigenvalue weighted by atomic mass is 9.90. The van der Waals surface area contributed by atoms with E-state index >= 15 is 0 Å². The van der Waals surface area contributed by atoms with Crippen molar-refractivity contribution in [1.29, 1.82) is 0 Å². The van der Waals surface area contributed by atoms with E-state index in [9.17, 15) is 24.8 Å². The second-order valence-electron chi connectivity index (χ2n) is 9.22. The number of imide groups is 1. The number of phenolic OH excluding ortho intramolecular Hbond substituents is 1. The monoisotopic (exact) mass is 517 g/mol. The average molecular weight is 518 g/mol. The number of nitro groups is 1. The number of ether oxygens (including phenoxy) is 1. The molecule has 2 aliphatic rings. The second-order valence-corrected chi connectivity index (χ2v) is 9.22. The Morgan fingerprint density at radius 3 is 2.37 bits per heavy atom. The summed E-state index contributed by atoms with van der Waals surface area (Å²) < 4.78 is 5.74. The molecule has 0 aliphatic carbocycles. The third kappa shape index (κ3) is 4.54. The molecule has 0 saturated carbocycles. The van der Waals surface area contributed by atoms with Crippen LogP contribution in [0.4, 0.5) is 17.1 Å². The highest BCUT2D eigenvalue weighted by Crippen LogP contribution is 2.49. The lowest BCUT2D eigenvalue weighted by Gasteiger charge is -2.29. The lowest BCUT2D eigenvalue weighted by Crippen LogP contribution is -2.37. The Balaban J connectivity index is 1.46. The number of anilines is 2. The number of hydrogen-bond acceptors (Lipinski definition) is 8. The fourth-order valence-corrected chi connectivity index (χ4v) is 4.91. The fraction of sp³-hybridized carbons (Fsp3) is 0.286. The minimum absolute atomic E-state index is 0.241. The zero-order valence-electron chi connectivity index (χ0n) is 20.7. The van der Waals surface area contributed by atoms with E-state index < -0.39 is 34.8 Å². The number of phenols is 1. The zero-order valence-corrected chi connectivity index (χ0v) is 20.7. The number of carbonyl (C=O) groups excluding carboxylic acids is 2. The predicted molar refractivity (Wildman–Crippen MR) is 139 cm³/mol. The molecule has 10 nitrogen and oxygen atoms in total. The van der Waals surface area contributed by atoms with Gasteiger partial charge in [0.1, 0.15) is 17.4 Å². The summed E-state index contributed by atoms with van der Waals surface area (Å²) in [5.41, 5.74) is 0.907. The van der Waals surface area contributed by atoms with E-state index in [-0.39, 0.29) is 17.0 Å². The number of para-hydroxylation sites is 1. The molecule has 10 heteroatoms. The van der Waals surface area contributed by atoms with Gasteiger partial charge in [-0.3, -0.25) is 24.5 Å². The van der Waals surface area contributed by atoms with Crippen LogP contribution in [0.25, 0.3) is 0 Å². The molecule has 38 heavy (non-hydrogen) atoms. The van der Waals surface area contributed by atoms with Crippen molar-refractivity contribution in [2.24, 2.45) is 5.92 Å². The van der Waals surface area contributed by atoms with Gasteiger partial charge in [0.05, 0.1) is 35.0 Å². The first-order valence-electron chi connectivity index (χ1n) is 12.5. The van der Waals surface area contributed by atoms with E-state index in [0.29, 0.717) is 23.7 Å². The molecule has 2 saturated heterocycles. The Hall–Kier alpha value is -4.44.